The minimum Gasteiger partial charge on any atom is -0.507 e. The van der Waals surface area contributed by atoms with Crippen molar-refractivity contribution in [2.24, 2.45) is 0 Å². The van der Waals surface area contributed by atoms with Crippen molar-refractivity contribution in [2.45, 2.75) is 45.1 Å². The van der Waals surface area contributed by atoms with E-state index in [2.05, 4.69) is 20.9 Å². The van der Waals surface area contributed by atoms with Gasteiger partial charge in [0.05, 0.1) is 17.6 Å². The lowest BCUT2D eigenvalue weighted by molar-refractivity contribution is 0.0988. The van der Waals surface area contributed by atoms with Crippen LogP contribution in [0.1, 0.15) is 59.0 Å². The number of aromatic nitrogens is 3. The summed E-state index contributed by atoms with van der Waals surface area (Å²) in [5, 5.41) is 24.4. The average Bonchev–Trinajstić information content (AvgIpc) is 3.66. The van der Waals surface area contributed by atoms with Gasteiger partial charge in [0.15, 0.2) is 0 Å². The van der Waals surface area contributed by atoms with Crippen LogP contribution in [0.5, 0.6) is 5.75 Å². The first-order chi connectivity index (χ1) is 17.5. The summed E-state index contributed by atoms with van der Waals surface area (Å²) in [5.74, 6) is -0.178. The molecule has 0 aliphatic heterocycles. The molecule has 36 heavy (non-hydrogen) atoms. The molecule has 0 spiro atoms. The fraction of sp³-hybridized carbons (Fsp3) is 0.259. The summed E-state index contributed by atoms with van der Waals surface area (Å²) in [7, 11) is 0. The number of aromatic hydroxyl groups is 1. The Bertz CT molecular complexity index is 1370. The van der Waals surface area contributed by atoms with Gasteiger partial charge in [-0.25, -0.2) is 4.79 Å². The Labute approximate surface area is 208 Å². The SMILES string of the molecule is Cc1ccc(CNC(=O)n2nc(-c3cc(NC(=O)c4ccno4)ccc3O)cc2C2CCCC2)cc1. The summed E-state index contributed by atoms with van der Waals surface area (Å²) in [5.41, 5.74) is 4.29. The number of carbonyl (C=O) groups excluding carboxylic acids is 2. The zero-order valence-corrected chi connectivity index (χ0v) is 19.9. The van der Waals surface area contributed by atoms with Gasteiger partial charge in [-0.05, 0) is 49.6 Å². The van der Waals surface area contributed by atoms with Crippen LogP contribution in [0.25, 0.3) is 11.3 Å². The minimum absolute atomic E-state index is 0.00431. The largest absolute Gasteiger partial charge is 0.507 e. The molecule has 0 unspecified atom stereocenters. The highest BCUT2D eigenvalue weighted by Gasteiger charge is 2.26. The standard InChI is InChI=1S/C27H27N5O4/c1-17-6-8-18(9-7-17)16-28-27(35)32-23(19-4-2-3-5-19)15-22(31-32)21-14-20(10-11-24(21)33)30-26(34)25-12-13-29-36-25/h6-15,19,33H,2-5,16H2,1H3,(H,28,35)(H,30,34). The second-order valence-electron chi connectivity index (χ2n) is 9.05. The highest BCUT2D eigenvalue weighted by atomic mass is 16.5. The van der Waals surface area contributed by atoms with Gasteiger partial charge in [-0.15, -0.1) is 0 Å². The van der Waals surface area contributed by atoms with E-state index < -0.39 is 5.91 Å². The molecule has 2 heterocycles. The van der Waals surface area contributed by atoms with E-state index >= 15 is 0 Å². The monoisotopic (exact) mass is 485 g/mol. The molecule has 0 atom stereocenters. The molecule has 3 N–H and O–H groups in total. The van der Waals surface area contributed by atoms with Gasteiger partial charge in [-0.1, -0.05) is 47.8 Å². The van der Waals surface area contributed by atoms with Gasteiger partial charge in [-0.2, -0.15) is 9.78 Å². The quantitative estimate of drug-likeness (QED) is 0.322. The third kappa shape index (κ3) is 5.00. The molecule has 2 aromatic heterocycles. The molecular weight excluding hydrogens is 458 g/mol. The molecule has 0 bridgehead atoms. The average molecular weight is 486 g/mol. The Morgan fingerprint density at radius 3 is 2.58 bits per heavy atom. The van der Waals surface area contributed by atoms with Crippen molar-refractivity contribution in [2.75, 3.05) is 5.32 Å². The van der Waals surface area contributed by atoms with E-state index in [1.807, 2.05) is 37.3 Å². The molecular formula is C27H27N5O4. The van der Waals surface area contributed by atoms with Crippen LogP contribution in [-0.4, -0.2) is 32.0 Å². The fourth-order valence-corrected chi connectivity index (χ4v) is 4.51. The van der Waals surface area contributed by atoms with Crippen molar-refractivity contribution in [3.8, 4) is 17.0 Å². The number of anilines is 1. The molecule has 2 aromatic carbocycles. The number of rotatable bonds is 6. The molecule has 0 saturated heterocycles. The Morgan fingerprint density at radius 1 is 1.08 bits per heavy atom. The van der Waals surface area contributed by atoms with E-state index in [0.717, 1.165) is 42.5 Å². The first kappa shape index (κ1) is 23.3. The first-order valence-corrected chi connectivity index (χ1v) is 12.0. The summed E-state index contributed by atoms with van der Waals surface area (Å²) >= 11 is 0. The van der Waals surface area contributed by atoms with Crippen LogP contribution in [0.4, 0.5) is 10.5 Å². The van der Waals surface area contributed by atoms with Crippen molar-refractivity contribution in [1.82, 2.24) is 20.3 Å². The number of nitrogens with one attached hydrogen (secondary N) is 2. The number of carbonyl (C=O) groups is 2. The number of nitrogens with zero attached hydrogens (tertiary/aromatic N) is 3. The Balaban J connectivity index is 1.42. The predicted octanol–water partition coefficient (Wildman–Crippen LogP) is 5.22. The van der Waals surface area contributed by atoms with Gasteiger partial charge in [0, 0.05) is 29.8 Å². The van der Waals surface area contributed by atoms with Gasteiger partial charge < -0.3 is 20.3 Å². The van der Waals surface area contributed by atoms with E-state index in [0.29, 0.717) is 23.5 Å². The topological polar surface area (TPSA) is 122 Å². The zero-order chi connectivity index (χ0) is 25.1. The molecule has 184 valence electrons. The lowest BCUT2D eigenvalue weighted by Crippen LogP contribution is -2.30. The Morgan fingerprint density at radius 2 is 1.86 bits per heavy atom. The molecule has 4 aromatic rings. The summed E-state index contributed by atoms with van der Waals surface area (Å²) in [6.45, 7) is 2.40. The van der Waals surface area contributed by atoms with Crippen molar-refractivity contribution in [1.29, 1.82) is 0 Å². The molecule has 0 radical (unpaired) electrons. The first-order valence-electron chi connectivity index (χ1n) is 12.0. The van der Waals surface area contributed by atoms with Crippen molar-refractivity contribution in [3.63, 3.8) is 0 Å². The summed E-state index contributed by atoms with van der Waals surface area (Å²) in [6.07, 6.45) is 5.55. The van der Waals surface area contributed by atoms with Crippen LogP contribution in [0.2, 0.25) is 0 Å². The van der Waals surface area contributed by atoms with E-state index in [1.54, 1.807) is 12.1 Å². The molecule has 2 amide bonds. The van der Waals surface area contributed by atoms with Gasteiger partial charge >= 0.3 is 6.03 Å². The van der Waals surface area contributed by atoms with Gasteiger partial charge in [0.2, 0.25) is 5.76 Å². The number of amides is 2. The molecule has 9 heteroatoms. The van der Waals surface area contributed by atoms with Crippen molar-refractivity contribution < 1.29 is 19.2 Å². The zero-order valence-electron chi connectivity index (χ0n) is 19.9. The van der Waals surface area contributed by atoms with Crippen LogP contribution < -0.4 is 10.6 Å². The third-order valence-electron chi connectivity index (χ3n) is 6.46. The smallest absolute Gasteiger partial charge is 0.342 e. The van der Waals surface area contributed by atoms with Crippen LogP contribution in [-0.2, 0) is 6.54 Å². The number of benzene rings is 2. The number of aryl methyl sites for hydroxylation is 1. The molecule has 1 fully saturated rings. The number of phenolic OH excluding ortho intramolecular Hbond substituents is 1. The number of hydrogen-bond acceptors (Lipinski definition) is 6. The Kier molecular flexibility index (Phi) is 6.53. The number of phenols is 1. The van der Waals surface area contributed by atoms with Crippen LogP contribution >= 0.6 is 0 Å². The van der Waals surface area contributed by atoms with Crippen molar-refractivity contribution >= 4 is 17.6 Å². The maximum Gasteiger partial charge on any atom is 0.342 e. The molecule has 9 nitrogen and oxygen atoms in total. The minimum atomic E-state index is -0.461. The van der Waals surface area contributed by atoms with Gasteiger partial charge in [0.1, 0.15) is 5.75 Å². The predicted molar refractivity (Wildman–Crippen MR) is 134 cm³/mol. The van der Waals surface area contributed by atoms with E-state index in [-0.39, 0.29) is 23.5 Å². The molecule has 1 saturated carbocycles. The lowest BCUT2D eigenvalue weighted by Gasteiger charge is -2.12. The summed E-state index contributed by atoms with van der Waals surface area (Å²) in [4.78, 5) is 25.5. The maximum absolute atomic E-state index is 13.2. The number of hydrogen-bond donors (Lipinski definition) is 3. The van der Waals surface area contributed by atoms with E-state index in [4.69, 9.17) is 4.52 Å². The van der Waals surface area contributed by atoms with E-state index in [9.17, 15) is 14.7 Å². The summed E-state index contributed by atoms with van der Waals surface area (Å²) < 4.78 is 6.31. The van der Waals surface area contributed by atoms with Gasteiger partial charge in [-0.3, -0.25) is 4.79 Å². The summed E-state index contributed by atoms with van der Waals surface area (Å²) in [6, 6.07) is 15.7. The highest BCUT2D eigenvalue weighted by Crippen LogP contribution is 2.38. The Hall–Kier alpha value is -4.40. The molecule has 1 aliphatic carbocycles. The second-order valence-corrected chi connectivity index (χ2v) is 9.05. The van der Waals surface area contributed by atoms with Crippen LogP contribution in [0.15, 0.2) is 65.3 Å². The second kappa shape index (κ2) is 10.1. The maximum atomic E-state index is 13.2. The third-order valence-corrected chi connectivity index (χ3v) is 6.46. The van der Waals surface area contributed by atoms with Crippen molar-refractivity contribution in [3.05, 3.63) is 83.4 Å². The molecule has 1 aliphatic rings. The normalized spacial score (nSPS) is 13.6. The molecule has 5 rings (SSSR count). The van der Waals surface area contributed by atoms with E-state index in [1.165, 1.54) is 23.0 Å². The van der Waals surface area contributed by atoms with Crippen LogP contribution in [0, 0.1) is 6.92 Å². The van der Waals surface area contributed by atoms with Crippen LogP contribution in [0.3, 0.4) is 0 Å². The highest BCUT2D eigenvalue weighted by molar-refractivity contribution is 6.02. The lowest BCUT2D eigenvalue weighted by atomic mass is 10.0. The fourth-order valence-electron chi connectivity index (χ4n) is 4.51. The van der Waals surface area contributed by atoms with Gasteiger partial charge in [0.25, 0.3) is 5.91 Å².